The third kappa shape index (κ3) is 2.60. The van der Waals surface area contributed by atoms with Crippen LogP contribution in [0.15, 0.2) is 33.7 Å². The van der Waals surface area contributed by atoms with E-state index in [0.29, 0.717) is 10.8 Å². The van der Waals surface area contributed by atoms with Crippen LogP contribution in [0.25, 0.3) is 11.3 Å². The molecule has 0 aliphatic heterocycles. The van der Waals surface area contributed by atoms with E-state index in [0.717, 1.165) is 13.1 Å². The molecule has 1 aromatic heterocycles. The average Bonchev–Trinajstić information content (AvgIpc) is 2.34. The molecule has 0 atom stereocenters. The van der Waals surface area contributed by atoms with Gasteiger partial charge in [-0.1, -0.05) is 0 Å². The summed E-state index contributed by atoms with van der Waals surface area (Å²) in [6, 6.07) is 3.65. The Morgan fingerprint density at radius 3 is 2.50 bits per heavy atom. The maximum atomic E-state index is 13.1. The molecule has 0 N–H and O–H groups in total. The summed E-state index contributed by atoms with van der Waals surface area (Å²) in [6.07, 6.45) is -4.09. The Kier molecular flexibility index (Phi) is 3.68. The largest absolute Gasteiger partial charge is 0.433 e. The summed E-state index contributed by atoms with van der Waals surface area (Å²) in [5.74, 6) is -0.544. The molecule has 0 fully saturated rings. The number of rotatable bonds is 1. The van der Waals surface area contributed by atoms with Crippen LogP contribution in [0, 0.1) is 5.82 Å². The summed E-state index contributed by atoms with van der Waals surface area (Å²) in [5.41, 5.74) is -2.00. The third-order valence-electron chi connectivity index (χ3n) is 2.67. The van der Waals surface area contributed by atoms with E-state index in [-0.39, 0.29) is 15.7 Å². The van der Waals surface area contributed by atoms with Gasteiger partial charge >= 0.3 is 6.18 Å². The predicted molar refractivity (Wildman–Crippen MR) is 67.6 cm³/mol. The number of benzene rings is 1. The second kappa shape index (κ2) is 5.01. The molecular weight excluding hydrogens is 344 g/mol. The van der Waals surface area contributed by atoms with Crippen molar-refractivity contribution in [3.05, 3.63) is 50.7 Å². The van der Waals surface area contributed by atoms with E-state index in [1.54, 1.807) is 0 Å². The Hall–Kier alpha value is -1.70. The van der Waals surface area contributed by atoms with Crippen LogP contribution in [0.4, 0.5) is 17.6 Å². The Bertz CT molecular complexity index is 724. The van der Waals surface area contributed by atoms with Crippen molar-refractivity contribution in [3.63, 3.8) is 0 Å². The topological polar surface area (TPSA) is 34.9 Å². The molecule has 0 saturated carbocycles. The summed E-state index contributed by atoms with van der Waals surface area (Å²) in [5, 5.41) is 0. The zero-order valence-electron chi connectivity index (χ0n) is 10.0. The summed E-state index contributed by atoms with van der Waals surface area (Å²) in [6.45, 7) is 0. The minimum absolute atomic E-state index is 0.0961. The molecule has 0 unspecified atom stereocenters. The Labute approximate surface area is 119 Å². The van der Waals surface area contributed by atoms with Crippen molar-refractivity contribution in [2.24, 2.45) is 7.05 Å². The van der Waals surface area contributed by atoms with Crippen molar-refractivity contribution < 1.29 is 17.6 Å². The van der Waals surface area contributed by atoms with Crippen LogP contribution in [0.3, 0.4) is 0 Å². The third-order valence-corrected chi connectivity index (χ3v) is 3.28. The highest BCUT2D eigenvalue weighted by molar-refractivity contribution is 9.10. The van der Waals surface area contributed by atoms with Crippen molar-refractivity contribution in [1.29, 1.82) is 0 Å². The first-order valence-corrected chi connectivity index (χ1v) is 6.09. The summed E-state index contributed by atoms with van der Waals surface area (Å²) in [4.78, 5) is 15.5. The standard InChI is InChI=1S/C12H7BrF4N2O/c1-19-9(12(15,16)17)5-18-10(11(19)20)6-2-3-8(14)7(13)4-6/h2-5H,1H3. The molecule has 1 aromatic carbocycles. The molecule has 2 aromatic rings. The number of halogens is 5. The van der Waals surface area contributed by atoms with E-state index in [1.807, 2.05) is 0 Å². The smallest absolute Gasteiger partial charge is 0.304 e. The second-order valence-corrected chi connectivity index (χ2v) is 4.84. The minimum atomic E-state index is -4.66. The van der Waals surface area contributed by atoms with Crippen molar-refractivity contribution in [2.75, 3.05) is 0 Å². The monoisotopic (exact) mass is 350 g/mol. The fourth-order valence-electron chi connectivity index (χ4n) is 1.64. The number of alkyl halides is 3. The second-order valence-electron chi connectivity index (χ2n) is 3.98. The fourth-order valence-corrected chi connectivity index (χ4v) is 2.02. The molecule has 2 rings (SSSR count). The number of hydrogen-bond donors (Lipinski definition) is 0. The quantitative estimate of drug-likeness (QED) is 0.739. The summed E-state index contributed by atoms with van der Waals surface area (Å²) in [7, 11) is 1.01. The van der Waals surface area contributed by atoms with Gasteiger partial charge in [-0.2, -0.15) is 13.2 Å². The molecule has 0 saturated heterocycles. The van der Waals surface area contributed by atoms with E-state index in [9.17, 15) is 22.4 Å². The van der Waals surface area contributed by atoms with Crippen LogP contribution in [0.5, 0.6) is 0 Å². The molecule has 20 heavy (non-hydrogen) atoms. The van der Waals surface area contributed by atoms with Crippen molar-refractivity contribution >= 4 is 15.9 Å². The molecule has 8 heteroatoms. The highest BCUT2D eigenvalue weighted by Crippen LogP contribution is 2.28. The first-order valence-electron chi connectivity index (χ1n) is 5.30. The van der Waals surface area contributed by atoms with Gasteiger partial charge < -0.3 is 4.57 Å². The predicted octanol–water partition coefficient (Wildman–Crippen LogP) is 3.37. The van der Waals surface area contributed by atoms with Gasteiger partial charge in [-0.05, 0) is 34.1 Å². The SMILES string of the molecule is Cn1c(C(F)(F)F)cnc(-c2ccc(F)c(Br)c2)c1=O. The lowest BCUT2D eigenvalue weighted by Gasteiger charge is -2.12. The maximum absolute atomic E-state index is 13.1. The molecule has 0 aliphatic rings. The lowest BCUT2D eigenvalue weighted by Crippen LogP contribution is -2.27. The Morgan fingerprint density at radius 1 is 1.30 bits per heavy atom. The van der Waals surface area contributed by atoms with E-state index < -0.39 is 23.2 Å². The van der Waals surface area contributed by atoms with Gasteiger partial charge in [0.15, 0.2) is 0 Å². The molecule has 0 amide bonds. The summed E-state index contributed by atoms with van der Waals surface area (Å²) < 4.78 is 51.6. The van der Waals surface area contributed by atoms with Gasteiger partial charge in [0, 0.05) is 12.6 Å². The molecule has 0 radical (unpaired) electrons. The van der Waals surface area contributed by atoms with Crippen LogP contribution < -0.4 is 5.56 Å². The van der Waals surface area contributed by atoms with Gasteiger partial charge in [0.25, 0.3) is 5.56 Å². The number of hydrogen-bond acceptors (Lipinski definition) is 2. The van der Waals surface area contributed by atoms with Crippen molar-refractivity contribution in [1.82, 2.24) is 9.55 Å². The maximum Gasteiger partial charge on any atom is 0.433 e. The van der Waals surface area contributed by atoms with Crippen molar-refractivity contribution in [2.45, 2.75) is 6.18 Å². The zero-order chi connectivity index (χ0) is 15.1. The van der Waals surface area contributed by atoms with Crippen LogP contribution in [0.2, 0.25) is 0 Å². The lowest BCUT2D eigenvalue weighted by atomic mass is 10.1. The fraction of sp³-hybridized carbons (Fsp3) is 0.167. The Balaban J connectivity index is 2.63. The minimum Gasteiger partial charge on any atom is -0.304 e. The molecule has 3 nitrogen and oxygen atoms in total. The van der Waals surface area contributed by atoms with Gasteiger partial charge in [-0.3, -0.25) is 4.79 Å². The van der Waals surface area contributed by atoms with Gasteiger partial charge in [-0.15, -0.1) is 0 Å². The molecular formula is C12H7BrF4N2O. The molecule has 0 aliphatic carbocycles. The van der Waals surface area contributed by atoms with Crippen LogP contribution in [-0.2, 0) is 13.2 Å². The molecule has 106 valence electrons. The number of nitrogens with zero attached hydrogens (tertiary/aromatic N) is 2. The number of aromatic nitrogens is 2. The summed E-state index contributed by atoms with van der Waals surface area (Å²) >= 11 is 2.94. The molecule has 0 bridgehead atoms. The van der Waals surface area contributed by atoms with Gasteiger partial charge in [0.1, 0.15) is 17.2 Å². The first-order chi connectivity index (χ1) is 9.21. The lowest BCUT2D eigenvalue weighted by molar-refractivity contribution is -0.144. The highest BCUT2D eigenvalue weighted by Gasteiger charge is 2.34. The van der Waals surface area contributed by atoms with Gasteiger partial charge in [-0.25, -0.2) is 9.37 Å². The van der Waals surface area contributed by atoms with Gasteiger partial charge in [0.05, 0.1) is 10.7 Å². The van der Waals surface area contributed by atoms with Crippen molar-refractivity contribution in [3.8, 4) is 11.3 Å². The van der Waals surface area contributed by atoms with E-state index in [4.69, 9.17) is 0 Å². The molecule has 0 spiro atoms. The van der Waals surface area contributed by atoms with Crippen LogP contribution in [0.1, 0.15) is 5.69 Å². The highest BCUT2D eigenvalue weighted by atomic mass is 79.9. The Morgan fingerprint density at radius 2 is 1.95 bits per heavy atom. The molecule has 1 heterocycles. The van der Waals surface area contributed by atoms with Crippen LogP contribution >= 0.6 is 15.9 Å². The zero-order valence-corrected chi connectivity index (χ0v) is 11.6. The van der Waals surface area contributed by atoms with Crippen LogP contribution in [-0.4, -0.2) is 9.55 Å². The average molecular weight is 351 g/mol. The van der Waals surface area contributed by atoms with E-state index in [2.05, 4.69) is 20.9 Å². The van der Waals surface area contributed by atoms with E-state index in [1.165, 1.54) is 12.1 Å². The van der Waals surface area contributed by atoms with Gasteiger partial charge in [0.2, 0.25) is 0 Å². The van der Waals surface area contributed by atoms with E-state index >= 15 is 0 Å². The first kappa shape index (κ1) is 14.7. The normalized spacial score (nSPS) is 11.7.